The summed E-state index contributed by atoms with van der Waals surface area (Å²) in [4.78, 5) is 25.5. The van der Waals surface area contributed by atoms with Crippen molar-refractivity contribution < 1.29 is 9.59 Å². The number of hydrogen-bond donors (Lipinski definition) is 1. The van der Waals surface area contributed by atoms with Crippen molar-refractivity contribution in [2.75, 3.05) is 11.4 Å². The molecule has 0 saturated carbocycles. The van der Waals surface area contributed by atoms with Gasteiger partial charge in [-0.1, -0.05) is 25.1 Å². The van der Waals surface area contributed by atoms with E-state index in [1.807, 2.05) is 39.0 Å². The molecule has 1 rings (SSSR count). The number of carbonyl (C=O) groups excluding carboxylic acids is 2. The van der Waals surface area contributed by atoms with Crippen molar-refractivity contribution in [2.24, 2.45) is 0 Å². The number of rotatable bonds is 6. The van der Waals surface area contributed by atoms with Gasteiger partial charge in [-0.15, -0.1) is 0 Å². The Morgan fingerprint density at radius 1 is 1.29 bits per heavy atom. The standard InChI is InChI=1S/C17H26N2O2/c1-6-15-9-7-8-13(4)17(15)19(14(5)20)11-10-16(21)18-12(2)3/h7-9,12H,6,10-11H2,1-5H3,(H,18,21). The molecule has 0 aliphatic rings. The molecule has 1 aromatic rings. The molecule has 116 valence electrons. The number of benzene rings is 1. The Labute approximate surface area is 127 Å². The lowest BCUT2D eigenvalue weighted by Crippen LogP contribution is -2.36. The smallest absolute Gasteiger partial charge is 0.223 e. The zero-order valence-corrected chi connectivity index (χ0v) is 13.7. The molecule has 4 nitrogen and oxygen atoms in total. The topological polar surface area (TPSA) is 49.4 Å². The molecule has 0 saturated heterocycles. The van der Waals surface area contributed by atoms with Gasteiger partial charge < -0.3 is 10.2 Å². The van der Waals surface area contributed by atoms with E-state index in [0.717, 1.165) is 23.2 Å². The van der Waals surface area contributed by atoms with Crippen molar-refractivity contribution in [2.45, 2.75) is 53.5 Å². The molecule has 0 unspecified atom stereocenters. The van der Waals surface area contributed by atoms with Gasteiger partial charge in [0, 0.05) is 31.6 Å². The van der Waals surface area contributed by atoms with Gasteiger partial charge in [0.25, 0.3) is 0 Å². The predicted octanol–water partition coefficient (Wildman–Crippen LogP) is 2.83. The average molecular weight is 290 g/mol. The van der Waals surface area contributed by atoms with Crippen molar-refractivity contribution in [3.8, 4) is 0 Å². The normalized spacial score (nSPS) is 10.6. The van der Waals surface area contributed by atoms with E-state index in [1.54, 1.807) is 11.8 Å². The highest BCUT2D eigenvalue weighted by atomic mass is 16.2. The first-order chi connectivity index (χ1) is 9.86. The molecule has 0 aromatic heterocycles. The Morgan fingerprint density at radius 3 is 2.48 bits per heavy atom. The van der Waals surface area contributed by atoms with Gasteiger partial charge in [0.1, 0.15) is 0 Å². The van der Waals surface area contributed by atoms with Gasteiger partial charge in [0.15, 0.2) is 0 Å². The average Bonchev–Trinajstić information content (AvgIpc) is 2.39. The molecule has 0 fully saturated rings. The van der Waals surface area contributed by atoms with E-state index in [2.05, 4.69) is 12.2 Å². The summed E-state index contributed by atoms with van der Waals surface area (Å²) in [6, 6.07) is 6.15. The number of aryl methyl sites for hydroxylation is 2. The Balaban J connectivity index is 2.93. The molecule has 0 spiro atoms. The molecule has 0 radical (unpaired) electrons. The van der Waals surface area contributed by atoms with E-state index >= 15 is 0 Å². The molecule has 0 aliphatic heterocycles. The molecule has 21 heavy (non-hydrogen) atoms. The summed E-state index contributed by atoms with van der Waals surface area (Å²) in [7, 11) is 0. The van der Waals surface area contributed by atoms with Crippen molar-refractivity contribution in [1.82, 2.24) is 5.32 Å². The fourth-order valence-corrected chi connectivity index (χ4v) is 2.43. The SMILES string of the molecule is CCc1cccc(C)c1N(CCC(=O)NC(C)C)C(C)=O. The first-order valence-corrected chi connectivity index (χ1v) is 7.52. The number of anilines is 1. The minimum Gasteiger partial charge on any atom is -0.354 e. The van der Waals surface area contributed by atoms with Crippen LogP contribution in [-0.2, 0) is 16.0 Å². The molecular formula is C17H26N2O2. The lowest BCUT2D eigenvalue weighted by molar-refractivity contribution is -0.121. The number of amides is 2. The second kappa shape index (κ2) is 7.81. The highest BCUT2D eigenvalue weighted by Gasteiger charge is 2.18. The van der Waals surface area contributed by atoms with E-state index in [-0.39, 0.29) is 17.9 Å². The van der Waals surface area contributed by atoms with Crippen molar-refractivity contribution in [3.05, 3.63) is 29.3 Å². The van der Waals surface area contributed by atoms with Crippen molar-refractivity contribution >= 4 is 17.5 Å². The van der Waals surface area contributed by atoms with Gasteiger partial charge in [-0.05, 0) is 38.3 Å². The third-order valence-electron chi connectivity index (χ3n) is 3.36. The van der Waals surface area contributed by atoms with E-state index in [1.165, 1.54) is 0 Å². The van der Waals surface area contributed by atoms with Crippen LogP contribution in [0.1, 0.15) is 45.2 Å². The highest BCUT2D eigenvalue weighted by molar-refractivity contribution is 5.94. The maximum atomic E-state index is 12.0. The summed E-state index contributed by atoms with van der Waals surface area (Å²) in [6.45, 7) is 9.88. The van der Waals surface area contributed by atoms with Crippen LogP contribution in [0.2, 0.25) is 0 Å². The number of para-hydroxylation sites is 1. The van der Waals surface area contributed by atoms with Gasteiger partial charge in [-0.2, -0.15) is 0 Å². The van der Waals surface area contributed by atoms with Gasteiger partial charge >= 0.3 is 0 Å². The fraction of sp³-hybridized carbons (Fsp3) is 0.529. The maximum Gasteiger partial charge on any atom is 0.223 e. The second-order valence-corrected chi connectivity index (χ2v) is 5.58. The zero-order chi connectivity index (χ0) is 16.0. The largest absolute Gasteiger partial charge is 0.354 e. The van der Waals surface area contributed by atoms with Crippen LogP contribution in [0.3, 0.4) is 0 Å². The van der Waals surface area contributed by atoms with Crippen molar-refractivity contribution in [1.29, 1.82) is 0 Å². The lowest BCUT2D eigenvalue weighted by atomic mass is 10.0. The third kappa shape index (κ3) is 4.88. The van der Waals surface area contributed by atoms with E-state index in [9.17, 15) is 9.59 Å². The van der Waals surface area contributed by atoms with Crippen LogP contribution in [0.4, 0.5) is 5.69 Å². The summed E-state index contributed by atoms with van der Waals surface area (Å²) in [5, 5.41) is 2.85. The Kier molecular flexibility index (Phi) is 6.40. The fourth-order valence-electron chi connectivity index (χ4n) is 2.43. The minimum atomic E-state index is -0.0312. The molecular weight excluding hydrogens is 264 g/mol. The number of nitrogens with zero attached hydrogens (tertiary/aromatic N) is 1. The van der Waals surface area contributed by atoms with Crippen LogP contribution in [0.5, 0.6) is 0 Å². The quantitative estimate of drug-likeness (QED) is 0.876. The van der Waals surface area contributed by atoms with Gasteiger partial charge in [-0.25, -0.2) is 0 Å². The second-order valence-electron chi connectivity index (χ2n) is 5.58. The van der Waals surface area contributed by atoms with Crippen LogP contribution in [0.15, 0.2) is 18.2 Å². The van der Waals surface area contributed by atoms with Crippen LogP contribution in [-0.4, -0.2) is 24.4 Å². The summed E-state index contributed by atoms with van der Waals surface area (Å²) in [5.74, 6) is -0.0563. The Morgan fingerprint density at radius 2 is 1.95 bits per heavy atom. The highest BCUT2D eigenvalue weighted by Crippen LogP contribution is 2.26. The molecule has 1 N–H and O–H groups in total. The van der Waals surface area contributed by atoms with Crippen LogP contribution in [0, 0.1) is 6.92 Å². The molecule has 1 aromatic carbocycles. The molecule has 2 amide bonds. The number of nitrogens with one attached hydrogen (secondary N) is 1. The van der Waals surface area contributed by atoms with Gasteiger partial charge in [0.2, 0.25) is 11.8 Å². The van der Waals surface area contributed by atoms with Gasteiger partial charge in [0.05, 0.1) is 0 Å². The number of carbonyl (C=O) groups is 2. The monoisotopic (exact) mass is 290 g/mol. The first kappa shape index (κ1) is 17.2. The van der Waals surface area contributed by atoms with Gasteiger partial charge in [-0.3, -0.25) is 9.59 Å². The predicted molar refractivity (Wildman–Crippen MR) is 86.5 cm³/mol. The molecule has 4 heteroatoms. The zero-order valence-electron chi connectivity index (χ0n) is 13.7. The van der Waals surface area contributed by atoms with E-state index in [0.29, 0.717) is 13.0 Å². The Bertz CT molecular complexity index is 510. The maximum absolute atomic E-state index is 12.0. The summed E-state index contributed by atoms with van der Waals surface area (Å²) in [5.41, 5.74) is 3.15. The Hall–Kier alpha value is -1.84. The summed E-state index contributed by atoms with van der Waals surface area (Å²) in [6.07, 6.45) is 1.17. The molecule has 0 atom stereocenters. The van der Waals surface area contributed by atoms with Crippen LogP contribution in [0.25, 0.3) is 0 Å². The molecule has 0 bridgehead atoms. The minimum absolute atomic E-state index is 0.0251. The summed E-state index contributed by atoms with van der Waals surface area (Å²) >= 11 is 0. The van der Waals surface area contributed by atoms with Crippen molar-refractivity contribution in [3.63, 3.8) is 0 Å². The van der Waals surface area contributed by atoms with E-state index < -0.39 is 0 Å². The van der Waals surface area contributed by atoms with Crippen LogP contribution < -0.4 is 10.2 Å². The third-order valence-corrected chi connectivity index (χ3v) is 3.36. The number of hydrogen-bond acceptors (Lipinski definition) is 2. The lowest BCUT2D eigenvalue weighted by Gasteiger charge is -2.25. The van der Waals surface area contributed by atoms with Crippen LogP contribution >= 0.6 is 0 Å². The summed E-state index contributed by atoms with van der Waals surface area (Å²) < 4.78 is 0. The first-order valence-electron chi connectivity index (χ1n) is 7.52. The molecule has 0 aliphatic carbocycles. The molecule has 0 heterocycles. The van der Waals surface area contributed by atoms with E-state index in [4.69, 9.17) is 0 Å².